The van der Waals surface area contributed by atoms with Crippen molar-refractivity contribution in [3.63, 3.8) is 0 Å². The largest absolute Gasteiger partial charge is 0.507 e. The maximum absolute atomic E-state index is 13.3. The number of carbonyl (C=O) groups is 2. The molecule has 1 aliphatic heterocycles. The van der Waals surface area contributed by atoms with E-state index in [1.54, 1.807) is 36.4 Å². The molecule has 0 spiro atoms. The zero-order valence-corrected chi connectivity index (χ0v) is 19.4. The molecule has 1 N–H and O–H groups in total. The summed E-state index contributed by atoms with van der Waals surface area (Å²) in [4.78, 5) is 28.0. The van der Waals surface area contributed by atoms with Crippen LogP contribution >= 0.6 is 0 Å². The van der Waals surface area contributed by atoms with Gasteiger partial charge in [0, 0.05) is 5.69 Å². The monoisotopic (exact) mass is 445 g/mol. The minimum atomic E-state index is -0.913. The SMILES string of the molecule is COc1ccc(C(C)(C)C)cc1/C(O)=C1\C(=O)C(=O)N(c2ccccc2C)C1c1ccco1. The van der Waals surface area contributed by atoms with Crippen molar-refractivity contribution in [2.75, 3.05) is 12.0 Å². The molecule has 170 valence electrons. The predicted molar refractivity (Wildman–Crippen MR) is 126 cm³/mol. The van der Waals surface area contributed by atoms with Crippen LogP contribution in [-0.4, -0.2) is 23.9 Å². The van der Waals surface area contributed by atoms with Crippen LogP contribution < -0.4 is 9.64 Å². The number of hydrogen-bond donors (Lipinski definition) is 1. The number of aliphatic hydroxyl groups excluding tert-OH is 1. The van der Waals surface area contributed by atoms with E-state index in [0.29, 0.717) is 22.8 Å². The molecule has 4 rings (SSSR count). The third kappa shape index (κ3) is 3.82. The summed E-state index contributed by atoms with van der Waals surface area (Å²) in [6.07, 6.45) is 1.48. The number of ether oxygens (including phenoxy) is 1. The summed E-state index contributed by atoms with van der Waals surface area (Å²) in [5, 5.41) is 11.5. The number of methoxy groups -OCH3 is 1. The molecule has 3 aromatic rings. The molecule has 1 aromatic heterocycles. The number of carbonyl (C=O) groups excluding carboxylic acids is 2. The number of anilines is 1. The van der Waals surface area contributed by atoms with Gasteiger partial charge in [0.15, 0.2) is 0 Å². The summed E-state index contributed by atoms with van der Waals surface area (Å²) >= 11 is 0. The van der Waals surface area contributed by atoms with Gasteiger partial charge in [-0.05, 0) is 53.8 Å². The molecule has 1 amide bonds. The molecule has 6 heteroatoms. The van der Waals surface area contributed by atoms with E-state index in [4.69, 9.17) is 9.15 Å². The van der Waals surface area contributed by atoms with Crippen molar-refractivity contribution in [1.29, 1.82) is 0 Å². The minimum absolute atomic E-state index is 0.0393. The van der Waals surface area contributed by atoms with Gasteiger partial charge in [0.05, 0.1) is 24.5 Å². The van der Waals surface area contributed by atoms with Crippen molar-refractivity contribution in [2.45, 2.75) is 39.2 Å². The highest BCUT2D eigenvalue weighted by Gasteiger charge is 2.48. The topological polar surface area (TPSA) is 80.0 Å². The summed E-state index contributed by atoms with van der Waals surface area (Å²) in [5.74, 6) is -1.02. The number of aryl methyl sites for hydroxylation is 1. The van der Waals surface area contributed by atoms with Crippen molar-refractivity contribution in [3.05, 3.63) is 88.9 Å². The van der Waals surface area contributed by atoms with E-state index in [1.165, 1.54) is 18.3 Å². The third-order valence-electron chi connectivity index (χ3n) is 5.95. The number of para-hydroxylation sites is 1. The van der Waals surface area contributed by atoms with Gasteiger partial charge in [-0.1, -0.05) is 45.0 Å². The lowest BCUT2D eigenvalue weighted by Crippen LogP contribution is -2.29. The van der Waals surface area contributed by atoms with E-state index in [-0.39, 0.29) is 16.7 Å². The summed E-state index contributed by atoms with van der Waals surface area (Å²) in [7, 11) is 1.50. The van der Waals surface area contributed by atoms with Gasteiger partial charge < -0.3 is 14.3 Å². The molecule has 6 nitrogen and oxygen atoms in total. The predicted octanol–water partition coefficient (Wildman–Crippen LogP) is 5.52. The standard InChI is InChI=1S/C27H27NO5/c1-16-9-6-7-10-19(16)28-23(21-11-8-14-33-21)22(25(30)26(28)31)24(29)18-15-17(27(2,3)4)12-13-20(18)32-5/h6-15,23,29H,1-5H3/b24-22+. The van der Waals surface area contributed by atoms with Gasteiger partial charge in [-0.2, -0.15) is 0 Å². The van der Waals surface area contributed by atoms with E-state index in [1.807, 2.05) is 25.1 Å². The maximum atomic E-state index is 13.3. The van der Waals surface area contributed by atoms with Crippen molar-refractivity contribution in [1.82, 2.24) is 0 Å². The Morgan fingerprint density at radius 2 is 1.79 bits per heavy atom. The van der Waals surface area contributed by atoms with Crippen LogP contribution in [0.15, 0.2) is 70.9 Å². The fourth-order valence-corrected chi connectivity index (χ4v) is 4.14. The third-order valence-corrected chi connectivity index (χ3v) is 5.95. The Labute approximate surface area is 193 Å². The normalized spacial score (nSPS) is 18.1. The summed E-state index contributed by atoms with van der Waals surface area (Å²) < 4.78 is 11.1. The van der Waals surface area contributed by atoms with Gasteiger partial charge in [0.1, 0.15) is 23.3 Å². The summed E-state index contributed by atoms with van der Waals surface area (Å²) in [5.41, 5.74) is 2.47. The van der Waals surface area contributed by atoms with E-state index in [0.717, 1.165) is 11.1 Å². The lowest BCUT2D eigenvalue weighted by molar-refractivity contribution is -0.132. The molecule has 1 atom stereocenters. The Bertz CT molecular complexity index is 1250. The van der Waals surface area contributed by atoms with E-state index < -0.39 is 17.7 Å². The van der Waals surface area contributed by atoms with Crippen LogP contribution in [0.25, 0.3) is 5.76 Å². The highest BCUT2D eigenvalue weighted by molar-refractivity contribution is 6.51. The number of amides is 1. The molecule has 1 saturated heterocycles. The first-order valence-electron chi connectivity index (χ1n) is 10.7. The molecule has 1 fully saturated rings. The second-order valence-electron chi connectivity index (χ2n) is 9.14. The van der Waals surface area contributed by atoms with Crippen LogP contribution in [0.5, 0.6) is 5.75 Å². The average Bonchev–Trinajstić information content (AvgIpc) is 3.40. The highest BCUT2D eigenvalue weighted by Crippen LogP contribution is 2.44. The van der Waals surface area contributed by atoms with Crippen molar-refractivity contribution < 1.29 is 23.8 Å². The van der Waals surface area contributed by atoms with Crippen LogP contribution in [0.3, 0.4) is 0 Å². The molecule has 1 unspecified atom stereocenters. The maximum Gasteiger partial charge on any atom is 0.300 e. The van der Waals surface area contributed by atoms with Crippen LogP contribution in [0.2, 0.25) is 0 Å². The smallest absolute Gasteiger partial charge is 0.300 e. The molecule has 0 aliphatic carbocycles. The number of Topliss-reactive ketones (excluding diaryl/α,β-unsaturated/α-hetero) is 1. The molecule has 0 saturated carbocycles. The lowest BCUT2D eigenvalue weighted by atomic mass is 9.85. The first kappa shape index (κ1) is 22.4. The second kappa shape index (κ2) is 8.28. The van der Waals surface area contributed by atoms with Gasteiger partial charge >= 0.3 is 0 Å². The Kier molecular flexibility index (Phi) is 5.62. The quantitative estimate of drug-likeness (QED) is 0.325. The molecule has 0 bridgehead atoms. The summed E-state index contributed by atoms with van der Waals surface area (Å²) in [6, 6.07) is 15.3. The van der Waals surface area contributed by atoms with Gasteiger partial charge in [-0.25, -0.2) is 0 Å². The Balaban J connectivity index is 1.99. The Morgan fingerprint density at radius 1 is 1.06 bits per heavy atom. The van der Waals surface area contributed by atoms with Gasteiger partial charge in [0.2, 0.25) is 0 Å². The van der Waals surface area contributed by atoms with Crippen LogP contribution in [0, 0.1) is 6.92 Å². The van der Waals surface area contributed by atoms with Crippen LogP contribution in [0.1, 0.15) is 49.3 Å². The number of nitrogens with zero attached hydrogens (tertiary/aromatic N) is 1. The molecule has 2 heterocycles. The first-order valence-corrected chi connectivity index (χ1v) is 10.7. The number of aliphatic hydroxyl groups is 1. The van der Waals surface area contributed by atoms with Crippen molar-refractivity contribution in [2.24, 2.45) is 0 Å². The Morgan fingerprint density at radius 3 is 2.39 bits per heavy atom. The minimum Gasteiger partial charge on any atom is -0.507 e. The molecular weight excluding hydrogens is 418 g/mol. The van der Waals surface area contributed by atoms with Gasteiger partial charge in [-0.15, -0.1) is 0 Å². The van der Waals surface area contributed by atoms with Crippen LogP contribution in [-0.2, 0) is 15.0 Å². The van der Waals surface area contributed by atoms with E-state index >= 15 is 0 Å². The molecular formula is C27H27NO5. The van der Waals surface area contributed by atoms with Crippen molar-refractivity contribution in [3.8, 4) is 5.75 Å². The zero-order chi connectivity index (χ0) is 23.9. The molecule has 2 aromatic carbocycles. The fraction of sp³-hybridized carbons (Fsp3) is 0.259. The van der Waals surface area contributed by atoms with Gasteiger partial charge in [-0.3, -0.25) is 14.5 Å². The summed E-state index contributed by atoms with van der Waals surface area (Å²) in [6.45, 7) is 8.03. The molecule has 1 aliphatic rings. The fourth-order valence-electron chi connectivity index (χ4n) is 4.14. The molecule has 0 radical (unpaired) electrons. The van der Waals surface area contributed by atoms with Crippen LogP contribution in [0.4, 0.5) is 5.69 Å². The zero-order valence-electron chi connectivity index (χ0n) is 19.4. The van der Waals surface area contributed by atoms with E-state index in [2.05, 4.69) is 20.8 Å². The lowest BCUT2D eigenvalue weighted by Gasteiger charge is -2.25. The van der Waals surface area contributed by atoms with Gasteiger partial charge in [0.25, 0.3) is 11.7 Å². The Hall–Kier alpha value is -3.80. The molecule has 33 heavy (non-hydrogen) atoms. The highest BCUT2D eigenvalue weighted by atomic mass is 16.5. The number of benzene rings is 2. The first-order chi connectivity index (χ1) is 15.6. The second-order valence-corrected chi connectivity index (χ2v) is 9.14. The number of ketones is 1. The van der Waals surface area contributed by atoms with E-state index in [9.17, 15) is 14.7 Å². The number of furan rings is 1. The number of hydrogen-bond acceptors (Lipinski definition) is 5. The average molecular weight is 446 g/mol. The number of rotatable bonds is 4. The van der Waals surface area contributed by atoms with Crippen molar-refractivity contribution >= 4 is 23.1 Å².